The van der Waals surface area contributed by atoms with Gasteiger partial charge in [-0.3, -0.25) is 10.1 Å². The van der Waals surface area contributed by atoms with Gasteiger partial charge in [0.1, 0.15) is 5.82 Å². The Morgan fingerprint density at radius 2 is 2.16 bits per heavy atom. The maximum absolute atomic E-state index is 13.1. The normalized spacial score (nSPS) is 10.5. The minimum absolute atomic E-state index is 0.264. The summed E-state index contributed by atoms with van der Waals surface area (Å²) in [4.78, 5) is 17.5. The molecule has 0 spiro atoms. The molecule has 0 saturated heterocycles. The van der Waals surface area contributed by atoms with Crippen molar-refractivity contribution in [1.29, 1.82) is 0 Å². The van der Waals surface area contributed by atoms with Crippen molar-refractivity contribution in [2.45, 2.75) is 27.2 Å². The average molecular weight is 278 g/mol. The molecular weight excluding hydrogens is 263 g/mol. The molecule has 0 radical (unpaired) electrons. The third kappa shape index (κ3) is 2.98. The molecule has 1 heterocycles. The molecule has 100 valence electrons. The molecule has 1 N–H and O–H groups in total. The van der Waals surface area contributed by atoms with Gasteiger partial charge in [0, 0.05) is 10.4 Å². The predicted octanol–water partition coefficient (Wildman–Crippen LogP) is 3.71. The Labute approximate surface area is 115 Å². The van der Waals surface area contributed by atoms with Gasteiger partial charge in [-0.1, -0.05) is 6.92 Å². The topological polar surface area (TPSA) is 42.0 Å². The molecule has 1 amide bonds. The zero-order chi connectivity index (χ0) is 14.0. The van der Waals surface area contributed by atoms with E-state index in [1.54, 1.807) is 6.92 Å². The number of aryl methyl sites for hydroxylation is 3. The first-order chi connectivity index (χ1) is 9.01. The lowest BCUT2D eigenvalue weighted by Crippen LogP contribution is -2.12. The predicted molar refractivity (Wildman–Crippen MR) is 75.3 cm³/mol. The molecule has 2 aromatic rings. The summed E-state index contributed by atoms with van der Waals surface area (Å²) in [7, 11) is 0. The number of halogens is 1. The van der Waals surface area contributed by atoms with E-state index < -0.39 is 0 Å². The second kappa shape index (κ2) is 5.48. The molecule has 0 aliphatic rings. The molecule has 0 aliphatic heterocycles. The minimum atomic E-state index is -0.310. The van der Waals surface area contributed by atoms with E-state index in [4.69, 9.17) is 0 Å². The van der Waals surface area contributed by atoms with Gasteiger partial charge < -0.3 is 0 Å². The number of hydrogen-bond acceptors (Lipinski definition) is 3. The molecule has 0 saturated carbocycles. The second-order valence-electron chi connectivity index (χ2n) is 4.29. The highest BCUT2D eigenvalue weighted by Crippen LogP contribution is 2.23. The Hall–Kier alpha value is -1.75. The third-order valence-electron chi connectivity index (χ3n) is 2.87. The Bertz CT molecular complexity index is 622. The summed E-state index contributed by atoms with van der Waals surface area (Å²) in [6, 6.07) is 4.31. The van der Waals surface area contributed by atoms with Gasteiger partial charge in [0.25, 0.3) is 5.91 Å². The molecule has 19 heavy (non-hydrogen) atoms. The van der Waals surface area contributed by atoms with Crippen LogP contribution < -0.4 is 5.32 Å². The first kappa shape index (κ1) is 13.7. The number of benzene rings is 1. The zero-order valence-corrected chi connectivity index (χ0v) is 11.9. The molecule has 0 bridgehead atoms. The number of nitrogens with one attached hydrogen (secondary N) is 1. The fourth-order valence-electron chi connectivity index (χ4n) is 1.76. The van der Waals surface area contributed by atoms with Crippen LogP contribution >= 0.6 is 11.3 Å². The van der Waals surface area contributed by atoms with Crippen LogP contribution in [0.3, 0.4) is 0 Å². The van der Waals surface area contributed by atoms with E-state index in [0.717, 1.165) is 17.0 Å². The number of aromatic nitrogens is 1. The lowest BCUT2D eigenvalue weighted by molar-refractivity contribution is 0.102. The van der Waals surface area contributed by atoms with Crippen LogP contribution in [-0.2, 0) is 6.42 Å². The number of rotatable bonds is 3. The number of thiazole rings is 1. The second-order valence-corrected chi connectivity index (χ2v) is 5.50. The van der Waals surface area contributed by atoms with Crippen molar-refractivity contribution >= 4 is 22.4 Å². The van der Waals surface area contributed by atoms with E-state index in [2.05, 4.69) is 10.3 Å². The highest BCUT2D eigenvalue weighted by atomic mass is 32.1. The number of carbonyl (C=O) groups excluding carboxylic acids is 1. The average Bonchev–Trinajstić information content (AvgIpc) is 2.72. The van der Waals surface area contributed by atoms with Crippen molar-refractivity contribution in [3.63, 3.8) is 0 Å². The molecule has 0 fully saturated rings. The summed E-state index contributed by atoms with van der Waals surface area (Å²) in [5.41, 5.74) is 1.89. The number of nitrogens with zero attached hydrogens (tertiary/aromatic N) is 1. The largest absolute Gasteiger partial charge is 0.298 e. The van der Waals surface area contributed by atoms with E-state index in [1.165, 1.54) is 29.5 Å². The van der Waals surface area contributed by atoms with Crippen molar-refractivity contribution in [2.75, 3.05) is 5.32 Å². The van der Waals surface area contributed by atoms with Gasteiger partial charge in [-0.15, -0.1) is 11.3 Å². The van der Waals surface area contributed by atoms with E-state index >= 15 is 0 Å². The Morgan fingerprint density at radius 1 is 1.42 bits per heavy atom. The molecular formula is C14H15FN2OS. The van der Waals surface area contributed by atoms with Gasteiger partial charge in [0.2, 0.25) is 0 Å². The van der Waals surface area contributed by atoms with Crippen molar-refractivity contribution < 1.29 is 9.18 Å². The zero-order valence-electron chi connectivity index (χ0n) is 11.1. The first-order valence-electron chi connectivity index (χ1n) is 6.05. The van der Waals surface area contributed by atoms with E-state index in [-0.39, 0.29) is 11.7 Å². The fraction of sp³-hybridized carbons (Fsp3) is 0.286. The smallest absolute Gasteiger partial charge is 0.257 e. The molecule has 0 atom stereocenters. The molecule has 1 aromatic carbocycles. The summed E-state index contributed by atoms with van der Waals surface area (Å²) in [5.74, 6) is -0.575. The summed E-state index contributed by atoms with van der Waals surface area (Å²) < 4.78 is 13.1. The van der Waals surface area contributed by atoms with Gasteiger partial charge in [0.05, 0.1) is 5.69 Å². The standard InChI is InChI=1S/C14H15FN2OS/c1-4-12-9(3)19-14(16-12)17-13(18)10-5-6-11(15)8(2)7-10/h5-7H,4H2,1-3H3,(H,16,17,18). The van der Waals surface area contributed by atoms with Gasteiger partial charge >= 0.3 is 0 Å². The summed E-state index contributed by atoms with van der Waals surface area (Å²) in [6.07, 6.45) is 0.841. The van der Waals surface area contributed by atoms with Gasteiger partial charge in [-0.05, 0) is 44.0 Å². The third-order valence-corrected chi connectivity index (χ3v) is 3.80. The van der Waals surface area contributed by atoms with E-state index in [1.807, 2.05) is 13.8 Å². The fourth-order valence-corrected chi connectivity index (χ4v) is 2.66. The summed E-state index contributed by atoms with van der Waals surface area (Å²) >= 11 is 1.45. The van der Waals surface area contributed by atoms with Crippen LogP contribution in [0.2, 0.25) is 0 Å². The number of hydrogen-bond donors (Lipinski definition) is 1. The molecule has 2 rings (SSSR count). The molecule has 0 unspecified atom stereocenters. The van der Waals surface area contributed by atoms with Gasteiger partial charge in [0.15, 0.2) is 5.13 Å². The van der Waals surface area contributed by atoms with Gasteiger partial charge in [-0.2, -0.15) is 0 Å². The maximum atomic E-state index is 13.1. The van der Waals surface area contributed by atoms with E-state index in [0.29, 0.717) is 16.3 Å². The molecule has 1 aromatic heterocycles. The van der Waals surface area contributed by atoms with Gasteiger partial charge in [-0.25, -0.2) is 9.37 Å². The van der Waals surface area contributed by atoms with Crippen molar-refractivity contribution in [3.05, 3.63) is 45.7 Å². The van der Waals surface area contributed by atoms with Crippen LogP contribution in [-0.4, -0.2) is 10.9 Å². The van der Waals surface area contributed by atoms with Crippen LogP contribution in [0.4, 0.5) is 9.52 Å². The quantitative estimate of drug-likeness (QED) is 0.929. The number of amides is 1. The monoisotopic (exact) mass is 278 g/mol. The van der Waals surface area contributed by atoms with E-state index in [9.17, 15) is 9.18 Å². The number of carbonyl (C=O) groups is 1. The van der Waals surface area contributed by atoms with Crippen LogP contribution in [0.25, 0.3) is 0 Å². The Balaban J connectivity index is 2.18. The Kier molecular flexibility index (Phi) is 3.95. The Morgan fingerprint density at radius 3 is 2.74 bits per heavy atom. The highest BCUT2D eigenvalue weighted by molar-refractivity contribution is 7.15. The lowest BCUT2D eigenvalue weighted by atomic mass is 10.1. The lowest BCUT2D eigenvalue weighted by Gasteiger charge is -2.03. The highest BCUT2D eigenvalue weighted by Gasteiger charge is 2.12. The van der Waals surface area contributed by atoms with Crippen molar-refractivity contribution in [1.82, 2.24) is 4.98 Å². The van der Waals surface area contributed by atoms with Crippen LogP contribution in [0, 0.1) is 19.7 Å². The molecule has 5 heteroatoms. The summed E-state index contributed by atoms with van der Waals surface area (Å²) in [5, 5.41) is 3.33. The van der Waals surface area contributed by atoms with Crippen molar-refractivity contribution in [2.24, 2.45) is 0 Å². The molecule has 3 nitrogen and oxygen atoms in total. The minimum Gasteiger partial charge on any atom is -0.298 e. The van der Waals surface area contributed by atoms with Crippen LogP contribution in [0.15, 0.2) is 18.2 Å². The van der Waals surface area contributed by atoms with Crippen LogP contribution in [0.1, 0.15) is 33.4 Å². The summed E-state index contributed by atoms with van der Waals surface area (Å²) in [6.45, 7) is 5.64. The first-order valence-corrected chi connectivity index (χ1v) is 6.86. The SMILES string of the molecule is CCc1nc(NC(=O)c2ccc(F)c(C)c2)sc1C. The molecule has 0 aliphatic carbocycles. The number of anilines is 1. The maximum Gasteiger partial charge on any atom is 0.257 e. The van der Waals surface area contributed by atoms with Crippen molar-refractivity contribution in [3.8, 4) is 0 Å². The van der Waals surface area contributed by atoms with Crippen LogP contribution in [0.5, 0.6) is 0 Å².